The summed E-state index contributed by atoms with van der Waals surface area (Å²) in [6, 6.07) is 16.6. The maximum absolute atomic E-state index is 13.4. The first kappa shape index (κ1) is 23.4. The predicted molar refractivity (Wildman–Crippen MR) is 132 cm³/mol. The van der Waals surface area contributed by atoms with Crippen LogP contribution in [0, 0.1) is 13.8 Å². The van der Waals surface area contributed by atoms with Crippen LogP contribution in [0.1, 0.15) is 28.3 Å². The van der Waals surface area contributed by atoms with E-state index in [1.807, 2.05) is 32.0 Å². The van der Waals surface area contributed by atoms with Gasteiger partial charge >= 0.3 is 0 Å². The number of halogens is 1. The molecule has 0 aliphatic carbocycles. The Morgan fingerprint density at radius 2 is 1.65 bits per heavy atom. The highest BCUT2D eigenvalue weighted by Gasteiger charge is 2.48. The number of carbonyl (C=O) groups excluding carboxylic acids is 2. The molecule has 1 N–H and O–H groups in total. The van der Waals surface area contributed by atoms with Crippen molar-refractivity contribution in [2.45, 2.75) is 19.9 Å². The van der Waals surface area contributed by atoms with Crippen molar-refractivity contribution in [3.05, 3.63) is 93.5 Å². The van der Waals surface area contributed by atoms with Gasteiger partial charge in [-0.2, -0.15) is 0 Å². The number of aryl methyl sites for hydroxylation is 2. The lowest BCUT2D eigenvalue weighted by atomic mass is 9.94. The summed E-state index contributed by atoms with van der Waals surface area (Å²) in [7, 11) is 2.98. The third-order valence-corrected chi connectivity index (χ3v) is 6.24. The average molecular weight is 478 g/mol. The SMILES string of the molecule is COc1cc(/C(O)=C2\C(=O)C(=O)N(c3cc(C)ccc3C)C2c2ccccc2OC)ccc1Cl. The molecule has 4 rings (SSSR count). The first-order chi connectivity index (χ1) is 16.3. The Kier molecular flexibility index (Phi) is 6.35. The molecule has 1 atom stereocenters. The molecule has 0 saturated carbocycles. The lowest BCUT2D eigenvalue weighted by Gasteiger charge is -2.28. The summed E-state index contributed by atoms with van der Waals surface area (Å²) in [5, 5.41) is 11.7. The fourth-order valence-electron chi connectivity index (χ4n) is 4.21. The van der Waals surface area contributed by atoms with Crippen LogP contribution in [0.25, 0.3) is 5.76 Å². The molecule has 1 amide bonds. The molecule has 3 aromatic carbocycles. The van der Waals surface area contributed by atoms with Gasteiger partial charge in [0.25, 0.3) is 11.7 Å². The van der Waals surface area contributed by atoms with Gasteiger partial charge in [-0.15, -0.1) is 0 Å². The molecule has 6 nitrogen and oxygen atoms in total. The number of amides is 1. The number of ketones is 1. The molecule has 1 fully saturated rings. The van der Waals surface area contributed by atoms with Gasteiger partial charge < -0.3 is 14.6 Å². The molecule has 1 aliphatic rings. The fourth-order valence-corrected chi connectivity index (χ4v) is 4.40. The van der Waals surface area contributed by atoms with Crippen molar-refractivity contribution in [3.8, 4) is 11.5 Å². The number of rotatable bonds is 5. The molecule has 7 heteroatoms. The second kappa shape index (κ2) is 9.23. The number of para-hydroxylation sites is 1. The zero-order chi connectivity index (χ0) is 24.6. The summed E-state index contributed by atoms with van der Waals surface area (Å²) >= 11 is 6.14. The molecule has 1 heterocycles. The van der Waals surface area contributed by atoms with Gasteiger partial charge in [0.15, 0.2) is 0 Å². The third kappa shape index (κ3) is 3.90. The number of aliphatic hydroxyl groups is 1. The van der Waals surface area contributed by atoms with E-state index in [1.54, 1.807) is 36.4 Å². The highest BCUT2D eigenvalue weighted by atomic mass is 35.5. The van der Waals surface area contributed by atoms with Crippen LogP contribution in [0.5, 0.6) is 11.5 Å². The summed E-state index contributed by atoms with van der Waals surface area (Å²) in [5.41, 5.74) is 3.18. The molecule has 1 unspecified atom stereocenters. The average Bonchev–Trinajstić information content (AvgIpc) is 3.10. The van der Waals surface area contributed by atoms with Crippen LogP contribution in [0.2, 0.25) is 5.02 Å². The number of hydrogen-bond acceptors (Lipinski definition) is 5. The number of benzene rings is 3. The Morgan fingerprint density at radius 3 is 2.35 bits per heavy atom. The highest BCUT2D eigenvalue weighted by molar-refractivity contribution is 6.52. The van der Waals surface area contributed by atoms with E-state index in [1.165, 1.54) is 25.2 Å². The van der Waals surface area contributed by atoms with Crippen LogP contribution >= 0.6 is 11.6 Å². The zero-order valence-electron chi connectivity index (χ0n) is 19.3. The van der Waals surface area contributed by atoms with Gasteiger partial charge in [-0.3, -0.25) is 14.5 Å². The van der Waals surface area contributed by atoms with Gasteiger partial charge in [0.1, 0.15) is 17.3 Å². The summed E-state index contributed by atoms with van der Waals surface area (Å²) in [6.45, 7) is 3.79. The van der Waals surface area contributed by atoms with Crippen molar-refractivity contribution in [1.82, 2.24) is 0 Å². The number of ether oxygens (including phenoxy) is 2. The van der Waals surface area contributed by atoms with Crippen LogP contribution in [0.3, 0.4) is 0 Å². The monoisotopic (exact) mass is 477 g/mol. The van der Waals surface area contributed by atoms with E-state index in [0.717, 1.165) is 11.1 Å². The normalized spacial score (nSPS) is 17.2. The molecule has 34 heavy (non-hydrogen) atoms. The largest absolute Gasteiger partial charge is 0.507 e. The highest BCUT2D eigenvalue weighted by Crippen LogP contribution is 2.46. The Bertz CT molecular complexity index is 1330. The van der Waals surface area contributed by atoms with Crippen LogP contribution in [0.4, 0.5) is 5.69 Å². The molecule has 0 spiro atoms. The molecular formula is C27H24ClNO5. The van der Waals surface area contributed by atoms with Crippen molar-refractivity contribution in [2.24, 2.45) is 0 Å². The lowest BCUT2D eigenvalue weighted by Crippen LogP contribution is -2.30. The summed E-state index contributed by atoms with van der Waals surface area (Å²) < 4.78 is 10.8. The summed E-state index contributed by atoms with van der Waals surface area (Å²) in [4.78, 5) is 28.2. The minimum Gasteiger partial charge on any atom is -0.507 e. The van der Waals surface area contributed by atoms with Gasteiger partial charge in [-0.25, -0.2) is 0 Å². The minimum atomic E-state index is -0.904. The maximum atomic E-state index is 13.4. The second-order valence-corrected chi connectivity index (χ2v) is 8.46. The Labute approximate surface area is 203 Å². The summed E-state index contributed by atoms with van der Waals surface area (Å²) in [6.07, 6.45) is 0. The molecule has 3 aromatic rings. The van der Waals surface area contributed by atoms with E-state index in [0.29, 0.717) is 33.3 Å². The predicted octanol–water partition coefficient (Wildman–Crippen LogP) is 5.60. The number of nitrogens with zero attached hydrogens (tertiary/aromatic N) is 1. The number of hydrogen-bond donors (Lipinski definition) is 1. The van der Waals surface area contributed by atoms with E-state index >= 15 is 0 Å². The number of anilines is 1. The van der Waals surface area contributed by atoms with Gasteiger partial charge in [0, 0.05) is 16.8 Å². The van der Waals surface area contributed by atoms with Gasteiger partial charge in [-0.05, 0) is 55.3 Å². The van der Waals surface area contributed by atoms with Crippen molar-refractivity contribution in [1.29, 1.82) is 0 Å². The topological polar surface area (TPSA) is 76.1 Å². The zero-order valence-corrected chi connectivity index (χ0v) is 20.0. The van der Waals surface area contributed by atoms with Crippen LogP contribution < -0.4 is 14.4 Å². The molecule has 1 aliphatic heterocycles. The van der Waals surface area contributed by atoms with Crippen LogP contribution in [-0.4, -0.2) is 31.0 Å². The van der Waals surface area contributed by atoms with Gasteiger partial charge in [0.05, 0.1) is 30.9 Å². The van der Waals surface area contributed by atoms with E-state index < -0.39 is 17.7 Å². The number of carbonyl (C=O) groups is 2. The number of Topliss-reactive ketones (excluding diaryl/α,β-unsaturated/α-hetero) is 1. The Morgan fingerprint density at radius 1 is 0.941 bits per heavy atom. The smallest absolute Gasteiger partial charge is 0.300 e. The van der Waals surface area contributed by atoms with Crippen LogP contribution in [0.15, 0.2) is 66.2 Å². The van der Waals surface area contributed by atoms with Crippen molar-refractivity contribution in [3.63, 3.8) is 0 Å². The maximum Gasteiger partial charge on any atom is 0.300 e. The fraction of sp³-hybridized carbons (Fsp3) is 0.185. The van der Waals surface area contributed by atoms with Crippen molar-refractivity contribution in [2.75, 3.05) is 19.1 Å². The Balaban J connectivity index is 2.02. The second-order valence-electron chi connectivity index (χ2n) is 8.05. The van der Waals surface area contributed by atoms with E-state index in [4.69, 9.17) is 21.1 Å². The summed E-state index contributed by atoms with van der Waals surface area (Å²) in [5.74, 6) is -1.01. The number of aliphatic hydroxyl groups excluding tert-OH is 1. The minimum absolute atomic E-state index is 0.0419. The molecule has 174 valence electrons. The van der Waals surface area contributed by atoms with Crippen LogP contribution in [-0.2, 0) is 9.59 Å². The molecular weight excluding hydrogens is 454 g/mol. The van der Waals surface area contributed by atoms with E-state index in [2.05, 4.69) is 0 Å². The molecule has 1 saturated heterocycles. The van der Waals surface area contributed by atoms with Gasteiger partial charge in [0.2, 0.25) is 0 Å². The van der Waals surface area contributed by atoms with Crippen molar-refractivity contribution < 1.29 is 24.2 Å². The lowest BCUT2D eigenvalue weighted by molar-refractivity contribution is -0.132. The van der Waals surface area contributed by atoms with Crippen molar-refractivity contribution >= 4 is 34.7 Å². The molecule has 0 bridgehead atoms. The Hall–Kier alpha value is -3.77. The first-order valence-corrected chi connectivity index (χ1v) is 11.0. The molecule has 0 radical (unpaired) electrons. The first-order valence-electron chi connectivity index (χ1n) is 10.6. The van der Waals surface area contributed by atoms with Gasteiger partial charge in [-0.1, -0.05) is 41.9 Å². The quantitative estimate of drug-likeness (QED) is 0.294. The third-order valence-electron chi connectivity index (χ3n) is 5.93. The molecule has 0 aromatic heterocycles. The van der Waals surface area contributed by atoms with E-state index in [-0.39, 0.29) is 11.3 Å². The number of methoxy groups -OCH3 is 2. The standard InChI is InChI=1S/C27H24ClNO5/c1-15-9-10-16(2)20(13-15)29-24(18-7-5-6-8-21(18)33-3)23(26(31)27(29)32)25(30)17-11-12-19(28)22(14-17)34-4/h5-14,24,30H,1-4H3/b25-23+. The van der Waals surface area contributed by atoms with E-state index in [9.17, 15) is 14.7 Å².